The third kappa shape index (κ3) is 2.78. The lowest BCUT2D eigenvalue weighted by Gasteiger charge is -2.61. The average molecular weight is 464 g/mol. The summed E-state index contributed by atoms with van der Waals surface area (Å²) in [6, 6.07) is 0. The average Bonchev–Trinajstić information content (AvgIpc) is 2.53. The van der Waals surface area contributed by atoms with Crippen LogP contribution in [0.25, 0.3) is 0 Å². The molecule has 7 atom stereocenters. The van der Waals surface area contributed by atoms with E-state index in [-0.39, 0.29) is 39.7 Å². The van der Waals surface area contributed by atoms with Crippen molar-refractivity contribution in [1.82, 2.24) is 0 Å². The highest BCUT2D eigenvalue weighted by molar-refractivity contribution is 9.09. The summed E-state index contributed by atoms with van der Waals surface area (Å²) in [5, 5.41) is 20.6. The summed E-state index contributed by atoms with van der Waals surface area (Å²) in [5.74, 6) is 0.766. The predicted octanol–water partition coefficient (Wildman–Crippen LogP) is 5.06. The number of fused-ring (bicyclic) bond motifs is 3. The van der Waals surface area contributed by atoms with Crippen LogP contribution in [0.5, 0.6) is 0 Å². The van der Waals surface area contributed by atoms with E-state index in [1.54, 1.807) is 0 Å². The van der Waals surface area contributed by atoms with Crippen molar-refractivity contribution in [3.05, 3.63) is 11.6 Å². The van der Waals surface area contributed by atoms with E-state index in [4.69, 9.17) is 0 Å². The number of hydrogen-bond donors (Lipinski definition) is 2. The Hall–Kier alpha value is 0.620. The smallest absolute Gasteiger partial charge is 0.0609 e. The number of alkyl halides is 2. The molecule has 0 radical (unpaired) electrons. The molecular weight excluding hydrogens is 432 g/mol. The van der Waals surface area contributed by atoms with E-state index in [9.17, 15) is 10.2 Å². The molecule has 0 aromatic rings. The van der Waals surface area contributed by atoms with Gasteiger partial charge in [-0.1, -0.05) is 71.2 Å². The second kappa shape index (κ2) is 6.35. The van der Waals surface area contributed by atoms with Gasteiger partial charge in [-0.15, -0.1) is 0 Å². The van der Waals surface area contributed by atoms with Crippen molar-refractivity contribution < 1.29 is 10.2 Å². The van der Waals surface area contributed by atoms with Crippen LogP contribution in [0.15, 0.2) is 11.6 Å². The Morgan fingerprint density at radius 1 is 1.29 bits per heavy atom. The molecule has 3 rings (SSSR count). The molecule has 2 nitrogen and oxygen atoms in total. The minimum Gasteiger partial charge on any atom is -0.395 e. The molecule has 2 saturated carbocycles. The molecule has 24 heavy (non-hydrogen) atoms. The molecule has 0 aromatic heterocycles. The molecule has 7 unspecified atom stereocenters. The largest absolute Gasteiger partial charge is 0.395 e. The van der Waals surface area contributed by atoms with Crippen molar-refractivity contribution in [2.75, 3.05) is 6.61 Å². The quantitative estimate of drug-likeness (QED) is 0.444. The lowest BCUT2D eigenvalue weighted by atomic mass is 9.45. The van der Waals surface area contributed by atoms with E-state index in [0.29, 0.717) is 10.7 Å². The zero-order valence-electron chi connectivity index (χ0n) is 15.4. The molecule has 0 saturated heterocycles. The molecule has 0 aromatic carbocycles. The molecule has 0 spiro atoms. The Bertz CT molecular complexity index is 532. The van der Waals surface area contributed by atoms with E-state index in [1.165, 1.54) is 18.4 Å². The molecule has 4 heteroatoms. The molecule has 2 N–H and O–H groups in total. The fourth-order valence-electron chi connectivity index (χ4n) is 5.99. The van der Waals surface area contributed by atoms with Crippen LogP contribution in [-0.4, -0.2) is 32.6 Å². The van der Waals surface area contributed by atoms with Gasteiger partial charge in [0.1, 0.15) is 0 Å². The minimum absolute atomic E-state index is 0.0231. The standard InChI is InChI=1S/C20H32Br2O2/c1-18(2)15-9-14(24)12-10-19(3,17(22)11-23)7-5-13(12)20(15,4)8-6-16(18)21/h5,12,14-17,23-24H,6-11H2,1-4H3. The van der Waals surface area contributed by atoms with Crippen LogP contribution in [-0.2, 0) is 0 Å². The van der Waals surface area contributed by atoms with Gasteiger partial charge in [0.2, 0.25) is 0 Å². The van der Waals surface area contributed by atoms with Gasteiger partial charge in [-0.05, 0) is 54.3 Å². The van der Waals surface area contributed by atoms with Crippen molar-refractivity contribution in [3.8, 4) is 0 Å². The predicted molar refractivity (Wildman–Crippen MR) is 107 cm³/mol. The zero-order chi connectivity index (χ0) is 17.9. The second-order valence-corrected chi connectivity index (χ2v) is 11.8. The molecule has 0 bridgehead atoms. The Kier molecular flexibility index (Phi) is 5.13. The van der Waals surface area contributed by atoms with Gasteiger partial charge in [0.25, 0.3) is 0 Å². The Morgan fingerprint density at radius 3 is 2.58 bits per heavy atom. The van der Waals surface area contributed by atoms with Crippen LogP contribution < -0.4 is 0 Å². The number of aliphatic hydroxyl groups excluding tert-OH is 2. The molecule has 0 amide bonds. The monoisotopic (exact) mass is 462 g/mol. The number of hydrogen-bond acceptors (Lipinski definition) is 2. The number of allylic oxidation sites excluding steroid dienone is 1. The molecule has 2 fully saturated rings. The van der Waals surface area contributed by atoms with Gasteiger partial charge in [-0.25, -0.2) is 0 Å². The van der Waals surface area contributed by atoms with Crippen LogP contribution in [0.4, 0.5) is 0 Å². The molecule has 3 aliphatic carbocycles. The van der Waals surface area contributed by atoms with Gasteiger partial charge < -0.3 is 10.2 Å². The highest BCUT2D eigenvalue weighted by atomic mass is 79.9. The van der Waals surface area contributed by atoms with E-state index >= 15 is 0 Å². The first-order valence-corrected chi connectivity index (χ1v) is 11.2. The maximum absolute atomic E-state index is 11.0. The van der Waals surface area contributed by atoms with Crippen molar-refractivity contribution in [2.45, 2.75) is 75.6 Å². The minimum atomic E-state index is -0.260. The Balaban J connectivity index is 1.98. The summed E-state index contributed by atoms with van der Waals surface area (Å²) in [5.41, 5.74) is 1.94. The lowest BCUT2D eigenvalue weighted by Crippen LogP contribution is -2.56. The summed E-state index contributed by atoms with van der Waals surface area (Å²) in [4.78, 5) is 0.623. The number of aliphatic hydroxyl groups is 2. The summed E-state index contributed by atoms with van der Waals surface area (Å²) < 4.78 is 0. The van der Waals surface area contributed by atoms with Crippen LogP contribution >= 0.6 is 31.9 Å². The third-order valence-corrected chi connectivity index (χ3v) is 10.8. The first-order valence-electron chi connectivity index (χ1n) is 9.34. The SMILES string of the molecule is CC1(C(Br)CO)CC=C2C(C1)C(O)CC1C2(C)CCC(Br)C1(C)C. The molecule has 0 heterocycles. The van der Waals surface area contributed by atoms with Gasteiger partial charge in [0, 0.05) is 15.6 Å². The van der Waals surface area contributed by atoms with E-state index < -0.39 is 0 Å². The molecular formula is C20H32Br2O2. The fourth-order valence-corrected chi connectivity index (χ4v) is 6.92. The van der Waals surface area contributed by atoms with Crippen LogP contribution in [0.3, 0.4) is 0 Å². The highest BCUT2D eigenvalue weighted by Gasteiger charge is 2.58. The summed E-state index contributed by atoms with van der Waals surface area (Å²) >= 11 is 7.59. The normalized spacial score (nSPS) is 48.9. The van der Waals surface area contributed by atoms with Gasteiger partial charge >= 0.3 is 0 Å². The maximum atomic E-state index is 11.0. The van der Waals surface area contributed by atoms with E-state index in [2.05, 4.69) is 65.6 Å². The van der Waals surface area contributed by atoms with E-state index in [1.807, 2.05) is 0 Å². The Labute approximate surface area is 163 Å². The zero-order valence-corrected chi connectivity index (χ0v) is 18.5. The summed E-state index contributed by atoms with van der Waals surface area (Å²) in [6.45, 7) is 9.59. The van der Waals surface area contributed by atoms with Gasteiger partial charge in [0.15, 0.2) is 0 Å². The number of rotatable bonds is 2. The lowest BCUT2D eigenvalue weighted by molar-refractivity contribution is -0.0693. The van der Waals surface area contributed by atoms with E-state index in [0.717, 1.165) is 19.3 Å². The summed E-state index contributed by atoms with van der Waals surface area (Å²) in [6.07, 6.45) is 7.44. The molecule has 0 aliphatic heterocycles. The van der Waals surface area contributed by atoms with Crippen LogP contribution in [0.2, 0.25) is 0 Å². The van der Waals surface area contributed by atoms with Gasteiger partial charge in [-0.3, -0.25) is 0 Å². The number of halogens is 2. The van der Waals surface area contributed by atoms with Gasteiger partial charge in [-0.2, -0.15) is 0 Å². The van der Waals surface area contributed by atoms with Crippen molar-refractivity contribution in [3.63, 3.8) is 0 Å². The van der Waals surface area contributed by atoms with Crippen molar-refractivity contribution in [1.29, 1.82) is 0 Å². The van der Waals surface area contributed by atoms with Crippen LogP contribution in [0.1, 0.15) is 59.8 Å². The topological polar surface area (TPSA) is 40.5 Å². The second-order valence-electron chi connectivity index (χ2n) is 9.58. The maximum Gasteiger partial charge on any atom is 0.0609 e. The third-order valence-electron chi connectivity index (χ3n) is 7.78. The molecule has 138 valence electrons. The highest BCUT2D eigenvalue weighted by Crippen LogP contribution is 2.64. The van der Waals surface area contributed by atoms with Crippen molar-refractivity contribution >= 4 is 31.9 Å². The van der Waals surface area contributed by atoms with Gasteiger partial charge in [0.05, 0.1) is 12.7 Å². The fraction of sp³-hybridized carbons (Fsp3) is 0.900. The first-order chi connectivity index (χ1) is 11.1. The van der Waals surface area contributed by atoms with Crippen LogP contribution in [0, 0.1) is 28.1 Å². The Morgan fingerprint density at radius 2 is 1.96 bits per heavy atom. The molecule has 3 aliphatic rings. The summed E-state index contributed by atoms with van der Waals surface area (Å²) in [7, 11) is 0. The first kappa shape index (κ1) is 19.4. The van der Waals surface area contributed by atoms with Crippen molar-refractivity contribution in [2.24, 2.45) is 28.1 Å².